The maximum absolute atomic E-state index is 12.0. The van der Waals surface area contributed by atoms with Crippen molar-refractivity contribution in [3.05, 3.63) is 59.9 Å². The van der Waals surface area contributed by atoms with E-state index in [0.717, 1.165) is 16.5 Å². The van der Waals surface area contributed by atoms with Crippen LogP contribution in [0.15, 0.2) is 52.9 Å². The van der Waals surface area contributed by atoms with Crippen molar-refractivity contribution in [2.75, 3.05) is 14.2 Å². The summed E-state index contributed by atoms with van der Waals surface area (Å²) < 4.78 is 16.1. The van der Waals surface area contributed by atoms with Gasteiger partial charge in [0.25, 0.3) is 0 Å². The second-order valence-corrected chi connectivity index (χ2v) is 5.46. The van der Waals surface area contributed by atoms with Crippen molar-refractivity contribution >= 4 is 17.0 Å². The van der Waals surface area contributed by atoms with Crippen LogP contribution >= 0.6 is 0 Å². The van der Waals surface area contributed by atoms with E-state index in [1.165, 1.54) is 0 Å². The molecule has 0 fully saturated rings. The Labute approximate surface area is 145 Å². The van der Waals surface area contributed by atoms with Gasteiger partial charge in [0.05, 0.1) is 20.8 Å². The summed E-state index contributed by atoms with van der Waals surface area (Å²) in [5.41, 5.74) is 1.67. The minimum absolute atomic E-state index is 0.279. The van der Waals surface area contributed by atoms with Gasteiger partial charge in [0.15, 0.2) is 0 Å². The highest BCUT2D eigenvalue weighted by atomic mass is 16.5. The molecule has 2 aromatic carbocycles. The first-order chi connectivity index (χ1) is 12.2. The number of ether oxygens (including phenoxy) is 2. The molecule has 0 atom stereocenters. The third-order valence-electron chi connectivity index (χ3n) is 3.83. The van der Waals surface area contributed by atoms with Gasteiger partial charge in [-0.15, -0.1) is 0 Å². The number of methoxy groups -OCH3 is 2. The highest BCUT2D eigenvalue weighted by molar-refractivity contribution is 5.78. The number of hydrogen-bond acceptors (Lipinski definition) is 4. The van der Waals surface area contributed by atoms with Crippen LogP contribution in [0.5, 0.6) is 11.5 Å². The van der Waals surface area contributed by atoms with Gasteiger partial charge in [0.2, 0.25) is 0 Å². The number of hydrogen-bond donors (Lipinski definition) is 2. The number of urea groups is 1. The van der Waals surface area contributed by atoms with Crippen molar-refractivity contribution in [3.63, 3.8) is 0 Å². The van der Waals surface area contributed by atoms with Gasteiger partial charge >= 0.3 is 6.03 Å². The summed E-state index contributed by atoms with van der Waals surface area (Å²) in [6.07, 6.45) is 0. The summed E-state index contributed by atoms with van der Waals surface area (Å²) in [6, 6.07) is 14.8. The van der Waals surface area contributed by atoms with Crippen LogP contribution < -0.4 is 20.1 Å². The number of fused-ring (bicyclic) bond motifs is 1. The molecule has 0 aliphatic carbocycles. The summed E-state index contributed by atoms with van der Waals surface area (Å²) >= 11 is 0. The summed E-state index contributed by atoms with van der Waals surface area (Å²) in [5.74, 6) is 2.07. The zero-order valence-electron chi connectivity index (χ0n) is 14.2. The molecule has 0 spiro atoms. The van der Waals surface area contributed by atoms with Gasteiger partial charge in [0.1, 0.15) is 22.8 Å². The molecule has 3 aromatic rings. The van der Waals surface area contributed by atoms with E-state index in [4.69, 9.17) is 13.9 Å². The van der Waals surface area contributed by atoms with Gasteiger partial charge < -0.3 is 24.5 Å². The normalized spacial score (nSPS) is 10.5. The molecular weight excluding hydrogens is 320 g/mol. The zero-order valence-corrected chi connectivity index (χ0v) is 14.2. The molecule has 6 heteroatoms. The first-order valence-corrected chi connectivity index (χ1v) is 7.89. The van der Waals surface area contributed by atoms with Crippen molar-refractivity contribution in [2.45, 2.75) is 13.1 Å². The highest BCUT2D eigenvalue weighted by Gasteiger charge is 2.08. The molecule has 3 rings (SSSR count). The third-order valence-corrected chi connectivity index (χ3v) is 3.83. The lowest BCUT2D eigenvalue weighted by atomic mass is 10.2. The predicted molar refractivity (Wildman–Crippen MR) is 94.8 cm³/mol. The van der Waals surface area contributed by atoms with E-state index in [1.54, 1.807) is 20.3 Å². The van der Waals surface area contributed by atoms with Gasteiger partial charge in [-0.1, -0.05) is 18.2 Å². The molecule has 0 aliphatic heterocycles. The molecule has 6 nitrogen and oxygen atoms in total. The molecule has 1 heterocycles. The molecule has 0 saturated heterocycles. The molecule has 2 amide bonds. The Kier molecular flexibility index (Phi) is 5.09. The quantitative estimate of drug-likeness (QED) is 0.721. The Balaban J connectivity index is 1.54. The largest absolute Gasteiger partial charge is 0.497 e. The maximum Gasteiger partial charge on any atom is 0.315 e. The van der Waals surface area contributed by atoms with Gasteiger partial charge in [-0.25, -0.2) is 4.79 Å². The van der Waals surface area contributed by atoms with Crippen LogP contribution in [0, 0.1) is 0 Å². The topological polar surface area (TPSA) is 72.7 Å². The number of carbonyl (C=O) groups is 1. The minimum atomic E-state index is -0.279. The Hall–Kier alpha value is -3.15. The Bertz CT molecular complexity index is 840. The Morgan fingerprint density at radius 1 is 1.00 bits per heavy atom. The monoisotopic (exact) mass is 340 g/mol. The van der Waals surface area contributed by atoms with E-state index in [1.807, 2.05) is 42.5 Å². The first kappa shape index (κ1) is 16.7. The van der Waals surface area contributed by atoms with Gasteiger partial charge in [0, 0.05) is 23.6 Å². The Morgan fingerprint density at radius 3 is 2.56 bits per heavy atom. The van der Waals surface area contributed by atoms with E-state index >= 15 is 0 Å². The Morgan fingerprint density at radius 2 is 1.80 bits per heavy atom. The van der Waals surface area contributed by atoms with E-state index in [0.29, 0.717) is 30.3 Å². The second kappa shape index (κ2) is 7.61. The predicted octanol–water partition coefficient (Wildman–Crippen LogP) is 3.45. The van der Waals surface area contributed by atoms with Gasteiger partial charge in [-0.3, -0.25) is 0 Å². The van der Waals surface area contributed by atoms with Crippen molar-refractivity contribution < 1.29 is 18.7 Å². The van der Waals surface area contributed by atoms with Gasteiger partial charge in [-0.05, 0) is 24.3 Å². The average Bonchev–Trinajstić information content (AvgIpc) is 3.07. The molecular formula is C19H20N2O4. The van der Waals surface area contributed by atoms with Crippen LogP contribution in [0.4, 0.5) is 4.79 Å². The average molecular weight is 340 g/mol. The fraction of sp³-hybridized carbons (Fsp3) is 0.211. The lowest BCUT2D eigenvalue weighted by molar-refractivity contribution is 0.239. The molecule has 130 valence electrons. The molecule has 0 saturated carbocycles. The summed E-state index contributed by atoms with van der Waals surface area (Å²) in [4.78, 5) is 12.0. The maximum atomic E-state index is 12.0. The van der Waals surface area contributed by atoms with Gasteiger partial charge in [-0.2, -0.15) is 0 Å². The first-order valence-electron chi connectivity index (χ1n) is 7.89. The lowest BCUT2D eigenvalue weighted by Crippen LogP contribution is -2.34. The van der Waals surface area contributed by atoms with Crippen LogP contribution in [-0.4, -0.2) is 20.3 Å². The SMILES string of the molecule is COc1ccc(CNC(=O)NCc2cc3ccccc3o2)c(OC)c1. The molecule has 2 N–H and O–H groups in total. The van der Waals surface area contributed by atoms with E-state index < -0.39 is 0 Å². The number of furan rings is 1. The molecule has 1 aromatic heterocycles. The van der Waals surface area contributed by atoms with E-state index in [9.17, 15) is 4.79 Å². The summed E-state index contributed by atoms with van der Waals surface area (Å²) in [5, 5.41) is 6.60. The lowest BCUT2D eigenvalue weighted by Gasteiger charge is -2.11. The molecule has 0 aliphatic rings. The van der Waals surface area contributed by atoms with Crippen LogP contribution in [0.1, 0.15) is 11.3 Å². The number of para-hydroxylation sites is 1. The van der Waals surface area contributed by atoms with Crippen LogP contribution in [0.25, 0.3) is 11.0 Å². The van der Waals surface area contributed by atoms with Crippen LogP contribution in [-0.2, 0) is 13.1 Å². The van der Waals surface area contributed by atoms with Crippen molar-refractivity contribution in [3.8, 4) is 11.5 Å². The third kappa shape index (κ3) is 4.03. The molecule has 0 radical (unpaired) electrons. The smallest absolute Gasteiger partial charge is 0.315 e. The van der Waals surface area contributed by atoms with Crippen molar-refractivity contribution in [1.29, 1.82) is 0 Å². The molecule has 0 bridgehead atoms. The standard InChI is InChI=1S/C19H20N2O4/c1-23-15-8-7-14(18(10-15)24-2)11-20-19(22)21-12-16-9-13-5-3-4-6-17(13)25-16/h3-10H,11-12H2,1-2H3,(H2,20,21,22). The van der Waals surface area contributed by atoms with E-state index in [-0.39, 0.29) is 6.03 Å². The number of carbonyl (C=O) groups excluding carboxylic acids is 1. The van der Waals surface area contributed by atoms with E-state index in [2.05, 4.69) is 10.6 Å². The fourth-order valence-corrected chi connectivity index (χ4v) is 2.53. The second-order valence-electron chi connectivity index (χ2n) is 5.46. The highest BCUT2D eigenvalue weighted by Crippen LogP contribution is 2.24. The number of rotatable bonds is 6. The summed E-state index contributed by atoms with van der Waals surface area (Å²) in [7, 11) is 3.18. The molecule has 25 heavy (non-hydrogen) atoms. The number of nitrogens with one attached hydrogen (secondary N) is 2. The molecule has 0 unspecified atom stereocenters. The van der Waals surface area contributed by atoms with Crippen molar-refractivity contribution in [2.24, 2.45) is 0 Å². The van der Waals surface area contributed by atoms with Crippen LogP contribution in [0.3, 0.4) is 0 Å². The summed E-state index contributed by atoms with van der Waals surface area (Å²) in [6.45, 7) is 0.666. The minimum Gasteiger partial charge on any atom is -0.497 e. The number of benzene rings is 2. The fourth-order valence-electron chi connectivity index (χ4n) is 2.53. The van der Waals surface area contributed by atoms with Crippen LogP contribution in [0.2, 0.25) is 0 Å². The number of amides is 2. The van der Waals surface area contributed by atoms with Crippen molar-refractivity contribution in [1.82, 2.24) is 10.6 Å². The zero-order chi connectivity index (χ0) is 17.6.